The fraction of sp³-hybridized carbons (Fsp3) is 0.375. The van der Waals surface area contributed by atoms with Crippen LogP contribution in [0.15, 0.2) is 54.7 Å². The van der Waals surface area contributed by atoms with Gasteiger partial charge in [-0.05, 0) is 73.5 Å². The molecule has 0 aliphatic rings. The van der Waals surface area contributed by atoms with Gasteiger partial charge in [0.25, 0.3) is 0 Å². The average molecular weight is 441 g/mol. The van der Waals surface area contributed by atoms with Crippen molar-refractivity contribution < 1.29 is 18.7 Å². The predicted octanol–water partition coefficient (Wildman–Crippen LogP) is 4.95. The number of ether oxygens (including phenoxy) is 1. The van der Waals surface area contributed by atoms with Gasteiger partial charge in [0.05, 0.1) is 12.6 Å². The van der Waals surface area contributed by atoms with E-state index in [1.165, 1.54) is 16.5 Å². The first-order valence-corrected chi connectivity index (χ1v) is 11.8. The van der Waals surface area contributed by atoms with Crippen LogP contribution in [0.5, 0.6) is 5.75 Å². The van der Waals surface area contributed by atoms with E-state index in [1.807, 2.05) is 24.4 Å². The molecule has 0 aliphatic carbocycles. The maximum atomic E-state index is 10.5. The third-order valence-corrected chi connectivity index (χ3v) is 5.66. The van der Waals surface area contributed by atoms with E-state index < -0.39 is 8.25 Å². The summed E-state index contributed by atoms with van der Waals surface area (Å²) in [7, 11) is -0.807. The van der Waals surface area contributed by atoms with E-state index in [0.717, 1.165) is 42.5 Å². The SMILES string of the molecule is COc1cccc(CCCCc2ccc(CNCCCO[P+](=O)O)c3ncccc23)c1. The van der Waals surface area contributed by atoms with E-state index in [-0.39, 0.29) is 6.61 Å². The minimum atomic E-state index is -2.51. The molecule has 1 heterocycles. The van der Waals surface area contributed by atoms with Gasteiger partial charge in [-0.3, -0.25) is 4.98 Å². The summed E-state index contributed by atoms with van der Waals surface area (Å²) in [6.45, 7) is 1.69. The van der Waals surface area contributed by atoms with Crippen LogP contribution < -0.4 is 10.1 Å². The lowest BCUT2D eigenvalue weighted by Gasteiger charge is -2.11. The van der Waals surface area contributed by atoms with Crippen molar-refractivity contribution in [3.63, 3.8) is 0 Å². The first-order valence-electron chi connectivity index (χ1n) is 10.7. The van der Waals surface area contributed by atoms with Crippen molar-refractivity contribution >= 4 is 19.2 Å². The highest BCUT2D eigenvalue weighted by Gasteiger charge is 2.10. The predicted molar refractivity (Wildman–Crippen MR) is 123 cm³/mol. The van der Waals surface area contributed by atoms with Gasteiger partial charge in [0.1, 0.15) is 12.4 Å². The number of rotatable bonds is 13. The quantitative estimate of drug-likeness (QED) is 0.288. The lowest BCUT2D eigenvalue weighted by atomic mass is 9.98. The molecule has 0 aliphatic heterocycles. The summed E-state index contributed by atoms with van der Waals surface area (Å²) in [5.74, 6) is 0.912. The Morgan fingerprint density at radius 2 is 1.87 bits per heavy atom. The summed E-state index contributed by atoms with van der Waals surface area (Å²) in [5.41, 5.74) is 4.83. The Bertz CT molecular complexity index is 996. The molecule has 0 saturated carbocycles. The number of unbranched alkanes of at least 4 members (excludes halogenated alkanes) is 1. The zero-order valence-electron chi connectivity index (χ0n) is 17.9. The summed E-state index contributed by atoms with van der Waals surface area (Å²) in [5, 5.41) is 4.57. The van der Waals surface area contributed by atoms with Gasteiger partial charge in [-0.15, -0.1) is 9.42 Å². The van der Waals surface area contributed by atoms with E-state index in [1.54, 1.807) is 7.11 Å². The Morgan fingerprint density at radius 3 is 2.71 bits per heavy atom. The van der Waals surface area contributed by atoms with Crippen LogP contribution in [0, 0.1) is 0 Å². The van der Waals surface area contributed by atoms with Gasteiger partial charge in [-0.2, -0.15) is 0 Å². The van der Waals surface area contributed by atoms with Gasteiger partial charge in [-0.1, -0.05) is 30.3 Å². The molecular formula is C24H30N2O4P+. The van der Waals surface area contributed by atoms with Crippen molar-refractivity contribution in [2.24, 2.45) is 0 Å². The molecule has 1 aromatic heterocycles. The molecule has 6 nitrogen and oxygen atoms in total. The highest BCUT2D eigenvalue weighted by molar-refractivity contribution is 7.32. The summed E-state index contributed by atoms with van der Waals surface area (Å²) >= 11 is 0. The molecule has 31 heavy (non-hydrogen) atoms. The van der Waals surface area contributed by atoms with Crippen LogP contribution in [0.2, 0.25) is 0 Å². The molecule has 1 unspecified atom stereocenters. The second kappa shape index (κ2) is 12.5. The van der Waals surface area contributed by atoms with Crippen LogP contribution in [0.3, 0.4) is 0 Å². The summed E-state index contributed by atoms with van der Waals surface area (Å²) < 4.78 is 20.5. The van der Waals surface area contributed by atoms with E-state index in [4.69, 9.17) is 9.63 Å². The number of nitrogens with one attached hydrogen (secondary N) is 1. The lowest BCUT2D eigenvalue weighted by molar-refractivity contribution is 0.276. The van der Waals surface area contributed by atoms with Crippen molar-refractivity contribution in [2.45, 2.75) is 38.6 Å². The van der Waals surface area contributed by atoms with Crippen LogP contribution >= 0.6 is 8.25 Å². The fourth-order valence-corrected chi connectivity index (χ4v) is 3.97. The Kier molecular flexibility index (Phi) is 9.38. The molecule has 164 valence electrons. The molecule has 0 spiro atoms. The van der Waals surface area contributed by atoms with E-state index in [0.29, 0.717) is 19.5 Å². The molecule has 0 saturated heterocycles. The molecule has 0 amide bonds. The van der Waals surface area contributed by atoms with E-state index in [9.17, 15) is 4.57 Å². The van der Waals surface area contributed by atoms with Gasteiger partial charge in [0.2, 0.25) is 0 Å². The van der Waals surface area contributed by atoms with Crippen molar-refractivity contribution in [1.82, 2.24) is 10.3 Å². The van der Waals surface area contributed by atoms with Crippen molar-refractivity contribution in [2.75, 3.05) is 20.3 Å². The monoisotopic (exact) mass is 441 g/mol. The van der Waals surface area contributed by atoms with Gasteiger partial charge >= 0.3 is 8.25 Å². The van der Waals surface area contributed by atoms with Crippen LogP contribution in [-0.2, 0) is 28.5 Å². The molecule has 3 aromatic rings. The number of aryl methyl sites for hydroxylation is 2. The molecule has 0 fully saturated rings. The van der Waals surface area contributed by atoms with Gasteiger partial charge in [0, 0.05) is 22.7 Å². The second-order valence-corrected chi connectivity index (χ2v) is 8.18. The summed E-state index contributed by atoms with van der Waals surface area (Å²) in [6, 6.07) is 16.8. The first kappa shape index (κ1) is 23.3. The van der Waals surface area contributed by atoms with Gasteiger partial charge in [0.15, 0.2) is 0 Å². The lowest BCUT2D eigenvalue weighted by Crippen LogP contribution is -2.16. The van der Waals surface area contributed by atoms with Crippen LogP contribution in [0.1, 0.15) is 36.0 Å². The average Bonchev–Trinajstić information content (AvgIpc) is 2.79. The second-order valence-electron chi connectivity index (χ2n) is 7.44. The fourth-order valence-electron chi connectivity index (χ4n) is 3.69. The zero-order valence-corrected chi connectivity index (χ0v) is 18.8. The van der Waals surface area contributed by atoms with Crippen molar-refractivity contribution in [3.8, 4) is 5.75 Å². The number of pyridine rings is 1. The molecule has 2 N–H and O–H groups in total. The van der Waals surface area contributed by atoms with E-state index >= 15 is 0 Å². The van der Waals surface area contributed by atoms with Crippen molar-refractivity contribution in [1.29, 1.82) is 0 Å². The third kappa shape index (κ3) is 7.37. The molecule has 2 aromatic carbocycles. The maximum absolute atomic E-state index is 10.5. The largest absolute Gasteiger partial charge is 0.694 e. The molecular weight excluding hydrogens is 411 g/mol. The Hall–Kier alpha value is -2.37. The Labute approximate surface area is 184 Å². The minimum absolute atomic E-state index is 0.270. The van der Waals surface area contributed by atoms with Crippen molar-refractivity contribution in [3.05, 3.63) is 71.4 Å². The number of fused-ring (bicyclic) bond motifs is 1. The number of methoxy groups -OCH3 is 1. The maximum Gasteiger partial charge on any atom is 0.694 e. The molecule has 0 bridgehead atoms. The number of aromatic nitrogens is 1. The normalized spacial score (nSPS) is 11.6. The van der Waals surface area contributed by atoms with Gasteiger partial charge in [-0.25, -0.2) is 0 Å². The topological polar surface area (TPSA) is 80.7 Å². The number of benzene rings is 2. The number of hydrogen-bond donors (Lipinski definition) is 2. The summed E-state index contributed by atoms with van der Waals surface area (Å²) in [4.78, 5) is 13.3. The molecule has 3 rings (SSSR count). The number of hydrogen-bond acceptors (Lipinski definition) is 5. The molecule has 0 radical (unpaired) electrons. The highest BCUT2D eigenvalue weighted by Crippen LogP contribution is 2.23. The molecule has 7 heteroatoms. The van der Waals surface area contributed by atoms with Gasteiger partial charge < -0.3 is 10.1 Å². The number of nitrogens with zero attached hydrogens (tertiary/aromatic N) is 1. The van der Waals surface area contributed by atoms with Crippen LogP contribution in [-0.4, -0.2) is 30.1 Å². The first-order chi connectivity index (χ1) is 15.2. The van der Waals surface area contributed by atoms with Crippen LogP contribution in [0.4, 0.5) is 0 Å². The Balaban J connectivity index is 1.53. The highest BCUT2D eigenvalue weighted by atomic mass is 31.1. The summed E-state index contributed by atoms with van der Waals surface area (Å²) in [6.07, 6.45) is 6.83. The standard InChI is InChI=1S/C24H29N2O4P/c1-29-22-10-4-8-19(17-22)7-2-3-9-20-12-13-21(24-23(20)11-5-15-26-24)18-25-14-6-16-30-31(27)28/h4-5,8,10-13,15,17,25H,2-3,6-7,9,14,16,18H2,1H3/p+1. The molecule has 1 atom stereocenters. The third-order valence-electron chi connectivity index (χ3n) is 5.25. The minimum Gasteiger partial charge on any atom is -0.497 e. The Morgan fingerprint density at radius 1 is 1.03 bits per heavy atom. The smallest absolute Gasteiger partial charge is 0.497 e. The zero-order chi connectivity index (χ0) is 21.9. The van der Waals surface area contributed by atoms with Crippen LogP contribution in [0.25, 0.3) is 10.9 Å². The van der Waals surface area contributed by atoms with E-state index in [2.05, 4.69) is 45.2 Å².